The van der Waals surface area contributed by atoms with Crippen molar-refractivity contribution in [2.75, 3.05) is 19.7 Å². The number of ether oxygens (including phenoxy) is 1. The lowest BCUT2D eigenvalue weighted by Gasteiger charge is -2.31. The number of imidazole rings is 1. The third-order valence-electron chi connectivity index (χ3n) is 5.29. The van der Waals surface area contributed by atoms with Crippen LogP contribution >= 0.6 is 0 Å². The summed E-state index contributed by atoms with van der Waals surface area (Å²) in [5.41, 5.74) is 1.17. The van der Waals surface area contributed by atoms with Gasteiger partial charge in [0.05, 0.1) is 41.1 Å². The summed E-state index contributed by atoms with van der Waals surface area (Å²) < 4.78 is 60.3. The number of hydrogen-bond acceptors (Lipinski definition) is 5. The van der Waals surface area contributed by atoms with Crippen molar-refractivity contribution >= 4 is 21.8 Å². The summed E-state index contributed by atoms with van der Waals surface area (Å²) in [7, 11) is -4.31. The monoisotopic (exact) mass is 466 g/mol. The Bertz CT molecular complexity index is 1300. The number of benzene rings is 1. The van der Waals surface area contributed by atoms with Gasteiger partial charge in [0, 0.05) is 19.2 Å². The number of halogens is 2. The van der Waals surface area contributed by atoms with Crippen molar-refractivity contribution in [3.05, 3.63) is 53.4 Å². The van der Waals surface area contributed by atoms with Crippen LogP contribution in [0.4, 0.5) is 13.6 Å². The van der Waals surface area contributed by atoms with Gasteiger partial charge in [-0.1, -0.05) is 0 Å². The van der Waals surface area contributed by atoms with E-state index in [1.54, 1.807) is 22.7 Å². The number of pyridine rings is 1. The molecule has 1 aromatic carbocycles. The zero-order chi connectivity index (χ0) is 23.2. The third kappa shape index (κ3) is 4.16. The van der Waals surface area contributed by atoms with Gasteiger partial charge in [0.25, 0.3) is 0 Å². The highest BCUT2D eigenvalue weighted by atomic mass is 32.2. The summed E-state index contributed by atoms with van der Waals surface area (Å²) in [5, 5.41) is 14.3. The average molecular weight is 466 g/mol. The molecular weight excluding hydrogens is 446 g/mol. The lowest BCUT2D eigenvalue weighted by atomic mass is 10.0. The molecular formula is C20H20F2N4O5S. The van der Waals surface area contributed by atoms with Crippen LogP contribution in [0.2, 0.25) is 0 Å². The molecule has 0 spiro atoms. The van der Waals surface area contributed by atoms with E-state index >= 15 is 0 Å². The van der Waals surface area contributed by atoms with Gasteiger partial charge in [-0.05, 0) is 36.8 Å². The number of sulfonamides is 1. The number of carboxylic acid groups (broad SMARTS) is 1. The van der Waals surface area contributed by atoms with Gasteiger partial charge >= 0.3 is 6.09 Å². The predicted octanol–water partition coefficient (Wildman–Crippen LogP) is 2.16. The molecule has 12 heteroatoms. The van der Waals surface area contributed by atoms with Gasteiger partial charge in [-0.25, -0.2) is 32.1 Å². The van der Waals surface area contributed by atoms with Crippen molar-refractivity contribution in [2.45, 2.75) is 24.3 Å². The van der Waals surface area contributed by atoms with Crippen LogP contribution in [-0.2, 0) is 21.2 Å². The Balaban J connectivity index is 1.85. The molecule has 3 aromatic rings. The Labute approximate surface area is 182 Å². The topological polar surface area (TPSA) is 127 Å². The van der Waals surface area contributed by atoms with Crippen LogP contribution in [0.25, 0.3) is 16.9 Å². The number of aromatic nitrogens is 2. The molecule has 170 valence electrons. The second-order valence-corrected chi connectivity index (χ2v) is 9.13. The lowest BCUT2D eigenvalue weighted by Crippen LogP contribution is -2.45. The van der Waals surface area contributed by atoms with Gasteiger partial charge in [-0.15, -0.1) is 0 Å². The zero-order valence-corrected chi connectivity index (χ0v) is 17.8. The van der Waals surface area contributed by atoms with E-state index in [4.69, 9.17) is 9.88 Å². The lowest BCUT2D eigenvalue weighted by molar-refractivity contribution is -0.0214. The van der Waals surface area contributed by atoms with Crippen LogP contribution in [0, 0.1) is 18.6 Å². The van der Waals surface area contributed by atoms with Gasteiger partial charge in [0.2, 0.25) is 10.0 Å². The zero-order valence-electron chi connectivity index (χ0n) is 17.0. The smallest absolute Gasteiger partial charge is 0.407 e. The normalized spacial score (nSPS) is 17.1. The first-order valence-electron chi connectivity index (χ1n) is 9.64. The molecule has 1 atom stereocenters. The van der Waals surface area contributed by atoms with E-state index < -0.39 is 44.3 Å². The minimum atomic E-state index is -4.31. The molecule has 4 rings (SSSR count). The Morgan fingerprint density at radius 1 is 1.31 bits per heavy atom. The standard InChI is InChI=1S/C20H20F2N4O5S/c1-11-2-3-26-16(7-12-10-25(20(27)28)4-5-31-12)19(24-17(26)6-11)18-14(21)8-13(9-15(18)22)32(23,29)30/h2-3,6,8-9,12H,4-5,7,10H2,1H3,(H,27,28)(H2,23,29,30)/t12-/m0/s1. The van der Waals surface area contributed by atoms with Crippen molar-refractivity contribution < 1.29 is 31.8 Å². The van der Waals surface area contributed by atoms with Gasteiger partial charge < -0.3 is 19.1 Å². The van der Waals surface area contributed by atoms with Gasteiger partial charge in [0.15, 0.2) is 0 Å². The molecule has 2 aromatic heterocycles. The van der Waals surface area contributed by atoms with E-state index in [1.807, 2.05) is 6.92 Å². The van der Waals surface area contributed by atoms with Crippen LogP contribution in [0.5, 0.6) is 0 Å². The Kier molecular flexibility index (Phi) is 5.61. The van der Waals surface area contributed by atoms with E-state index in [2.05, 4.69) is 4.98 Å². The fraction of sp³-hybridized carbons (Fsp3) is 0.300. The minimum absolute atomic E-state index is 0.0254. The number of hydrogen-bond donors (Lipinski definition) is 2. The van der Waals surface area contributed by atoms with E-state index in [9.17, 15) is 27.1 Å². The van der Waals surface area contributed by atoms with Crippen LogP contribution in [0.1, 0.15) is 11.3 Å². The molecule has 0 bridgehead atoms. The number of primary sulfonamides is 1. The first kappa shape index (κ1) is 22.1. The molecule has 0 saturated carbocycles. The molecule has 0 radical (unpaired) electrons. The van der Waals surface area contributed by atoms with Crippen LogP contribution in [0.15, 0.2) is 35.4 Å². The Morgan fingerprint density at radius 3 is 2.62 bits per heavy atom. The van der Waals surface area contributed by atoms with Gasteiger partial charge in [-0.3, -0.25) is 0 Å². The van der Waals surface area contributed by atoms with Crippen molar-refractivity contribution in [3.63, 3.8) is 0 Å². The molecule has 1 aliphatic heterocycles. The predicted molar refractivity (Wildman–Crippen MR) is 110 cm³/mol. The molecule has 3 heterocycles. The minimum Gasteiger partial charge on any atom is -0.465 e. The second kappa shape index (κ2) is 8.11. The number of nitrogens with two attached hydrogens (primary N) is 1. The number of nitrogens with zero attached hydrogens (tertiary/aromatic N) is 3. The van der Waals surface area contributed by atoms with Crippen LogP contribution in [0.3, 0.4) is 0 Å². The molecule has 0 aliphatic carbocycles. The fourth-order valence-corrected chi connectivity index (χ4v) is 4.30. The van der Waals surface area contributed by atoms with Crippen molar-refractivity contribution in [2.24, 2.45) is 5.14 Å². The maximum Gasteiger partial charge on any atom is 0.407 e. The Hall–Kier alpha value is -3.09. The summed E-state index contributed by atoms with van der Waals surface area (Å²) >= 11 is 0. The maximum absolute atomic E-state index is 14.9. The number of amides is 1. The van der Waals surface area contributed by atoms with Crippen molar-refractivity contribution in [1.29, 1.82) is 0 Å². The first-order valence-corrected chi connectivity index (χ1v) is 11.2. The highest BCUT2D eigenvalue weighted by Gasteiger charge is 2.29. The van der Waals surface area contributed by atoms with Crippen LogP contribution in [-0.4, -0.2) is 59.7 Å². The summed E-state index contributed by atoms with van der Waals surface area (Å²) in [6.07, 6.45) is 0.180. The van der Waals surface area contributed by atoms with E-state index in [0.29, 0.717) is 23.5 Å². The highest BCUT2D eigenvalue weighted by molar-refractivity contribution is 7.89. The quantitative estimate of drug-likeness (QED) is 0.607. The van der Waals surface area contributed by atoms with Gasteiger partial charge in [-0.2, -0.15) is 0 Å². The number of fused-ring (bicyclic) bond motifs is 1. The average Bonchev–Trinajstić information content (AvgIpc) is 3.04. The number of rotatable bonds is 4. The summed E-state index contributed by atoms with van der Waals surface area (Å²) in [5.74, 6) is -2.26. The molecule has 32 heavy (non-hydrogen) atoms. The molecule has 9 nitrogen and oxygen atoms in total. The molecule has 3 N–H and O–H groups in total. The largest absolute Gasteiger partial charge is 0.465 e. The number of carbonyl (C=O) groups is 1. The number of morpholine rings is 1. The molecule has 1 aliphatic rings. The van der Waals surface area contributed by atoms with Crippen LogP contribution < -0.4 is 5.14 Å². The summed E-state index contributed by atoms with van der Waals surface area (Å²) in [4.78, 5) is 16.3. The fourth-order valence-electron chi connectivity index (χ4n) is 3.77. The first-order chi connectivity index (χ1) is 15.0. The van der Waals surface area contributed by atoms with E-state index in [-0.39, 0.29) is 31.8 Å². The van der Waals surface area contributed by atoms with Crippen molar-refractivity contribution in [1.82, 2.24) is 14.3 Å². The molecule has 0 unspecified atom stereocenters. The van der Waals surface area contributed by atoms with Gasteiger partial charge in [0.1, 0.15) is 17.3 Å². The summed E-state index contributed by atoms with van der Waals surface area (Å²) in [6.45, 7) is 2.34. The summed E-state index contributed by atoms with van der Waals surface area (Å²) in [6, 6.07) is 4.82. The third-order valence-corrected chi connectivity index (χ3v) is 6.18. The van der Waals surface area contributed by atoms with Crippen molar-refractivity contribution in [3.8, 4) is 11.3 Å². The maximum atomic E-state index is 14.9. The SMILES string of the molecule is Cc1ccn2c(C[C@H]3CN(C(=O)O)CCO3)c(-c3c(F)cc(S(N)(=O)=O)cc3F)nc2c1. The second-order valence-electron chi connectivity index (χ2n) is 7.57. The molecule has 1 fully saturated rings. The van der Waals surface area contributed by atoms with E-state index in [1.165, 1.54) is 4.90 Å². The Morgan fingerprint density at radius 2 is 2.00 bits per heavy atom. The molecule has 1 saturated heterocycles. The highest BCUT2D eigenvalue weighted by Crippen LogP contribution is 2.32. The number of aryl methyl sites for hydroxylation is 1. The van der Waals surface area contributed by atoms with E-state index in [0.717, 1.165) is 5.56 Å². The molecule has 1 amide bonds.